The molecule has 0 saturated carbocycles. The number of hydrogen-bond donors (Lipinski definition) is 2. The Bertz CT molecular complexity index is 1450. The molecule has 4 heterocycles. The van der Waals surface area contributed by atoms with E-state index in [1.165, 1.54) is 28.2 Å². The third-order valence-corrected chi connectivity index (χ3v) is 7.86. The molecule has 1 saturated heterocycles. The van der Waals surface area contributed by atoms with Crippen LogP contribution in [-0.4, -0.2) is 51.9 Å². The Balaban J connectivity index is 1.27. The fourth-order valence-corrected chi connectivity index (χ4v) is 5.91. The second-order valence-electron chi connectivity index (χ2n) is 8.20. The minimum absolute atomic E-state index is 0.216. The lowest BCUT2D eigenvalue weighted by Crippen LogP contribution is -2.42. The van der Waals surface area contributed by atoms with Crippen LogP contribution in [0.25, 0.3) is 31.1 Å². The highest BCUT2D eigenvalue weighted by molar-refractivity contribution is 7.21. The quantitative estimate of drug-likeness (QED) is 0.377. The van der Waals surface area contributed by atoms with Gasteiger partial charge >= 0.3 is 0 Å². The van der Waals surface area contributed by atoms with Crippen LogP contribution in [0.3, 0.4) is 0 Å². The Morgan fingerprint density at radius 3 is 2.71 bits per heavy atom. The van der Waals surface area contributed by atoms with Crippen LogP contribution in [0.2, 0.25) is 0 Å². The first kappa shape index (κ1) is 21.3. The number of thiazole rings is 2. The summed E-state index contributed by atoms with van der Waals surface area (Å²) in [4.78, 5) is 30.3. The molecule has 5 aromatic rings. The molecule has 0 aliphatic carbocycles. The number of amides is 1. The molecule has 1 amide bonds. The molecule has 1 fully saturated rings. The van der Waals surface area contributed by atoms with E-state index in [9.17, 15) is 4.79 Å². The van der Waals surface area contributed by atoms with Gasteiger partial charge in [0.1, 0.15) is 15.4 Å². The number of rotatable bonds is 5. The molecule has 2 N–H and O–H groups in total. The average Bonchev–Trinajstić information content (AvgIpc) is 3.49. The van der Waals surface area contributed by atoms with Crippen molar-refractivity contribution in [2.45, 2.75) is 6.54 Å². The monoisotopic (exact) mass is 486 g/mol. The molecule has 0 unspecified atom stereocenters. The van der Waals surface area contributed by atoms with E-state index in [4.69, 9.17) is 4.98 Å². The first-order valence-electron chi connectivity index (χ1n) is 11.2. The van der Waals surface area contributed by atoms with Crippen molar-refractivity contribution < 1.29 is 4.79 Å². The summed E-state index contributed by atoms with van der Waals surface area (Å²) in [6.07, 6.45) is 1.95. The van der Waals surface area contributed by atoms with E-state index >= 15 is 0 Å². The summed E-state index contributed by atoms with van der Waals surface area (Å²) >= 11 is 2.93. The second-order valence-corrected chi connectivity index (χ2v) is 10.2. The van der Waals surface area contributed by atoms with Crippen molar-refractivity contribution in [3.8, 4) is 10.6 Å². The van der Waals surface area contributed by atoms with Gasteiger partial charge in [0.2, 0.25) is 0 Å². The predicted molar refractivity (Wildman–Crippen MR) is 139 cm³/mol. The van der Waals surface area contributed by atoms with Crippen molar-refractivity contribution in [3.05, 3.63) is 71.4 Å². The molecule has 6 rings (SSSR count). The van der Waals surface area contributed by atoms with Gasteiger partial charge in [0.05, 0.1) is 15.9 Å². The molecule has 3 aromatic heterocycles. The first-order valence-corrected chi connectivity index (χ1v) is 12.8. The number of piperazine rings is 1. The maximum absolute atomic E-state index is 13.0. The van der Waals surface area contributed by atoms with Gasteiger partial charge in [-0.1, -0.05) is 35.6 Å². The number of carbonyl (C=O) groups is 1. The average molecular weight is 487 g/mol. The summed E-state index contributed by atoms with van der Waals surface area (Å²) in [5.74, 6) is -0.216. The second kappa shape index (κ2) is 9.19. The molecule has 2 aromatic carbocycles. The lowest BCUT2D eigenvalue weighted by molar-refractivity contribution is 0.102. The van der Waals surface area contributed by atoms with Crippen LogP contribution in [0.15, 0.2) is 60.8 Å². The molecule has 9 heteroatoms. The van der Waals surface area contributed by atoms with Crippen LogP contribution in [0, 0.1) is 0 Å². The Morgan fingerprint density at radius 1 is 1.00 bits per heavy atom. The highest BCUT2D eigenvalue weighted by atomic mass is 32.1. The van der Waals surface area contributed by atoms with Crippen LogP contribution in [-0.2, 0) is 6.54 Å². The number of pyridine rings is 1. The summed E-state index contributed by atoms with van der Waals surface area (Å²) in [6.45, 7) is 5.02. The van der Waals surface area contributed by atoms with E-state index < -0.39 is 0 Å². The van der Waals surface area contributed by atoms with Crippen LogP contribution >= 0.6 is 22.7 Å². The number of nitrogens with zero attached hydrogens (tertiary/aromatic N) is 4. The highest BCUT2D eigenvalue weighted by Gasteiger charge is 2.17. The molecule has 0 atom stereocenters. The van der Waals surface area contributed by atoms with Crippen molar-refractivity contribution in [2.75, 3.05) is 31.5 Å². The minimum Gasteiger partial charge on any atom is -0.319 e. The summed E-state index contributed by atoms with van der Waals surface area (Å²) < 4.78 is 0.995. The summed E-state index contributed by atoms with van der Waals surface area (Å²) in [6, 6.07) is 17.6. The van der Waals surface area contributed by atoms with Crippen LogP contribution < -0.4 is 10.6 Å². The standard InChI is InChI=1S/C25H22N6OS2/c32-22(25-29-19-7-3-4-8-21(19)33-25)28-18-6-2-1-5-17(18)23-30-20-13-16(14-27-24(20)34-23)15-31-11-9-26-10-12-31/h1-8,13-14,26H,9-12,15H2,(H,28,32). The first-order chi connectivity index (χ1) is 16.7. The Hall–Kier alpha value is -3.24. The number of para-hydroxylation sites is 2. The van der Waals surface area contributed by atoms with E-state index in [0.717, 1.165) is 63.9 Å². The Kier molecular flexibility index (Phi) is 5.76. The molecule has 1 aliphatic rings. The van der Waals surface area contributed by atoms with Crippen molar-refractivity contribution in [1.82, 2.24) is 25.2 Å². The molecule has 34 heavy (non-hydrogen) atoms. The molecular weight excluding hydrogens is 464 g/mol. The van der Waals surface area contributed by atoms with E-state index in [1.807, 2.05) is 54.7 Å². The summed E-state index contributed by atoms with van der Waals surface area (Å²) in [5, 5.41) is 7.70. The normalized spacial score (nSPS) is 14.6. The van der Waals surface area contributed by atoms with Gasteiger partial charge in [-0.3, -0.25) is 9.69 Å². The lowest BCUT2D eigenvalue weighted by Gasteiger charge is -2.26. The van der Waals surface area contributed by atoms with Crippen LogP contribution in [0.1, 0.15) is 15.4 Å². The van der Waals surface area contributed by atoms with Gasteiger partial charge in [-0.25, -0.2) is 15.0 Å². The third-order valence-electron chi connectivity index (χ3n) is 5.81. The summed E-state index contributed by atoms with van der Waals surface area (Å²) in [7, 11) is 0. The number of carbonyl (C=O) groups excluding carboxylic acids is 1. The van der Waals surface area contributed by atoms with Gasteiger partial charge in [0.15, 0.2) is 5.01 Å². The maximum atomic E-state index is 13.0. The zero-order valence-electron chi connectivity index (χ0n) is 18.3. The molecule has 7 nitrogen and oxygen atoms in total. The molecule has 0 bridgehead atoms. The van der Waals surface area contributed by atoms with Crippen molar-refractivity contribution in [3.63, 3.8) is 0 Å². The third kappa shape index (κ3) is 4.30. The lowest BCUT2D eigenvalue weighted by atomic mass is 10.2. The predicted octanol–water partition coefficient (Wildman–Crippen LogP) is 4.63. The van der Waals surface area contributed by atoms with Gasteiger partial charge in [-0.05, 0) is 35.9 Å². The van der Waals surface area contributed by atoms with E-state index in [1.54, 1.807) is 0 Å². The largest absolute Gasteiger partial charge is 0.319 e. The fourth-order valence-electron chi connectivity index (χ4n) is 4.12. The smallest absolute Gasteiger partial charge is 0.284 e. The van der Waals surface area contributed by atoms with E-state index in [0.29, 0.717) is 10.7 Å². The highest BCUT2D eigenvalue weighted by Crippen LogP contribution is 2.34. The number of hydrogen-bond acceptors (Lipinski definition) is 8. The number of benzene rings is 2. The van der Waals surface area contributed by atoms with Gasteiger partial charge in [0, 0.05) is 44.5 Å². The fraction of sp³-hybridized carbons (Fsp3) is 0.200. The number of nitrogens with one attached hydrogen (secondary N) is 2. The summed E-state index contributed by atoms with van der Waals surface area (Å²) in [5.41, 5.74) is 4.49. The van der Waals surface area contributed by atoms with Gasteiger partial charge in [-0.15, -0.1) is 11.3 Å². The topological polar surface area (TPSA) is 83.0 Å². The van der Waals surface area contributed by atoms with Gasteiger partial charge in [0.25, 0.3) is 5.91 Å². The van der Waals surface area contributed by atoms with Gasteiger partial charge in [-0.2, -0.15) is 0 Å². The zero-order valence-corrected chi connectivity index (χ0v) is 20.0. The van der Waals surface area contributed by atoms with Crippen molar-refractivity contribution in [1.29, 1.82) is 0 Å². The Morgan fingerprint density at radius 2 is 1.82 bits per heavy atom. The molecule has 0 spiro atoms. The molecule has 170 valence electrons. The number of aromatic nitrogens is 3. The SMILES string of the molecule is O=C(Nc1ccccc1-c1nc2cc(CN3CCNCC3)cnc2s1)c1nc2ccccc2s1. The Labute approximate surface area is 204 Å². The van der Waals surface area contributed by atoms with Crippen molar-refractivity contribution in [2.24, 2.45) is 0 Å². The van der Waals surface area contributed by atoms with E-state index in [2.05, 4.69) is 31.6 Å². The zero-order chi connectivity index (χ0) is 22.9. The number of anilines is 1. The number of fused-ring (bicyclic) bond motifs is 2. The molecular formula is C25H22N6OS2. The van der Waals surface area contributed by atoms with Gasteiger partial charge < -0.3 is 10.6 Å². The maximum Gasteiger partial charge on any atom is 0.284 e. The molecule has 1 aliphatic heterocycles. The van der Waals surface area contributed by atoms with Crippen LogP contribution in [0.5, 0.6) is 0 Å². The molecule has 0 radical (unpaired) electrons. The van der Waals surface area contributed by atoms with Crippen molar-refractivity contribution >= 4 is 54.8 Å². The van der Waals surface area contributed by atoms with Crippen LogP contribution in [0.4, 0.5) is 5.69 Å². The van der Waals surface area contributed by atoms with E-state index in [-0.39, 0.29) is 5.91 Å². The minimum atomic E-state index is -0.216.